The van der Waals surface area contributed by atoms with Crippen molar-refractivity contribution in [3.63, 3.8) is 0 Å². The number of amides is 2. The third-order valence-electron chi connectivity index (χ3n) is 2.25. The van der Waals surface area contributed by atoms with Gasteiger partial charge in [-0.3, -0.25) is 9.59 Å². The number of carbonyl (C=O) groups excluding carboxylic acids is 2. The van der Waals surface area contributed by atoms with E-state index in [0.29, 0.717) is 4.47 Å². The summed E-state index contributed by atoms with van der Waals surface area (Å²) in [5.41, 5.74) is 0.0390. The van der Waals surface area contributed by atoms with Crippen LogP contribution in [0.3, 0.4) is 0 Å². The van der Waals surface area contributed by atoms with Gasteiger partial charge in [-0.2, -0.15) is 13.2 Å². The molecule has 0 aliphatic heterocycles. The maximum Gasteiger partial charge on any atom is 0.405 e. The summed E-state index contributed by atoms with van der Waals surface area (Å²) in [5, 5.41) is 1.61. The molecule has 0 radical (unpaired) electrons. The Morgan fingerprint density at radius 1 is 1.48 bits per heavy atom. The molecule has 0 aliphatic rings. The number of hydrogen-bond acceptors (Lipinski definition) is 3. The molecule has 1 rings (SSSR count). The molecule has 1 aromatic heterocycles. The van der Waals surface area contributed by atoms with Gasteiger partial charge in [0, 0.05) is 17.7 Å². The second-order valence-corrected chi connectivity index (χ2v) is 5.32. The Bertz CT molecular complexity index is 554. The van der Waals surface area contributed by atoms with Crippen molar-refractivity contribution < 1.29 is 22.8 Å². The molecular formula is C11H10BrClF3N3O2. The van der Waals surface area contributed by atoms with Crippen LogP contribution in [0, 0.1) is 0 Å². The number of alkyl halides is 3. The molecule has 1 aromatic rings. The number of pyridine rings is 1. The lowest BCUT2D eigenvalue weighted by Gasteiger charge is -2.17. The maximum absolute atomic E-state index is 12.0. The van der Waals surface area contributed by atoms with Gasteiger partial charge in [0.25, 0.3) is 5.91 Å². The molecule has 0 aromatic carbocycles. The van der Waals surface area contributed by atoms with E-state index in [-0.39, 0.29) is 10.7 Å². The van der Waals surface area contributed by atoms with E-state index in [0.717, 1.165) is 4.90 Å². The quantitative estimate of drug-likeness (QED) is 0.805. The molecule has 5 nitrogen and oxygen atoms in total. The highest BCUT2D eigenvalue weighted by Gasteiger charge is 2.28. The first-order valence-electron chi connectivity index (χ1n) is 5.50. The van der Waals surface area contributed by atoms with Crippen LogP contribution in [0.5, 0.6) is 0 Å². The van der Waals surface area contributed by atoms with E-state index in [1.54, 1.807) is 5.32 Å². The first-order chi connectivity index (χ1) is 9.60. The average Bonchev–Trinajstić information content (AvgIpc) is 2.37. The number of carbonyl (C=O) groups is 2. The number of hydrogen-bond donors (Lipinski definition) is 1. The van der Waals surface area contributed by atoms with Crippen molar-refractivity contribution in [3.05, 3.63) is 27.5 Å². The van der Waals surface area contributed by atoms with Crippen LogP contribution >= 0.6 is 27.5 Å². The van der Waals surface area contributed by atoms with Crippen LogP contribution in [0.2, 0.25) is 5.15 Å². The van der Waals surface area contributed by atoms with Crippen LogP contribution in [-0.2, 0) is 4.79 Å². The SMILES string of the molecule is CN(CC(=O)NCC(F)(F)F)C(=O)c1cc(Br)cnc1Cl. The van der Waals surface area contributed by atoms with Crippen molar-refractivity contribution in [2.75, 3.05) is 20.1 Å². The summed E-state index contributed by atoms with van der Waals surface area (Å²) < 4.78 is 36.3. The molecular weight excluding hydrogens is 378 g/mol. The summed E-state index contributed by atoms with van der Waals surface area (Å²) >= 11 is 8.88. The number of nitrogens with zero attached hydrogens (tertiary/aromatic N) is 2. The zero-order valence-corrected chi connectivity index (χ0v) is 13.0. The van der Waals surface area contributed by atoms with Gasteiger partial charge in [0.15, 0.2) is 0 Å². The van der Waals surface area contributed by atoms with Gasteiger partial charge in [-0.1, -0.05) is 11.6 Å². The molecule has 0 spiro atoms. The molecule has 0 fully saturated rings. The summed E-state index contributed by atoms with van der Waals surface area (Å²) in [7, 11) is 1.27. The van der Waals surface area contributed by atoms with Crippen LogP contribution < -0.4 is 5.32 Å². The van der Waals surface area contributed by atoms with E-state index in [4.69, 9.17) is 11.6 Å². The first-order valence-corrected chi connectivity index (χ1v) is 6.67. The fourth-order valence-electron chi connectivity index (χ4n) is 1.32. The second-order valence-electron chi connectivity index (χ2n) is 4.05. The lowest BCUT2D eigenvalue weighted by atomic mass is 10.2. The topological polar surface area (TPSA) is 62.3 Å². The molecule has 0 atom stereocenters. The van der Waals surface area contributed by atoms with Crippen LogP contribution in [0.1, 0.15) is 10.4 Å². The van der Waals surface area contributed by atoms with E-state index in [9.17, 15) is 22.8 Å². The summed E-state index contributed by atoms with van der Waals surface area (Å²) in [6.45, 7) is -1.98. The second kappa shape index (κ2) is 7.08. The van der Waals surface area contributed by atoms with Gasteiger partial charge in [-0.25, -0.2) is 4.98 Å². The number of rotatable bonds is 4. The van der Waals surface area contributed by atoms with Gasteiger partial charge in [-0.15, -0.1) is 0 Å². The summed E-state index contributed by atoms with van der Waals surface area (Å²) in [6.07, 6.45) is -3.12. The van der Waals surface area contributed by atoms with Gasteiger partial charge >= 0.3 is 6.18 Å². The predicted molar refractivity (Wildman–Crippen MR) is 73.0 cm³/mol. The Labute approximate surface area is 131 Å². The molecule has 1 heterocycles. The standard InChI is InChI=1S/C11H10BrClF3N3O2/c1-19(4-8(20)18-5-11(14,15)16)10(21)7-2-6(12)3-17-9(7)13/h2-3H,4-5H2,1H3,(H,18,20). The molecule has 0 bridgehead atoms. The Balaban J connectivity index is 2.66. The van der Waals surface area contributed by atoms with Gasteiger partial charge in [0.2, 0.25) is 5.91 Å². The monoisotopic (exact) mass is 387 g/mol. The summed E-state index contributed by atoms with van der Waals surface area (Å²) in [6, 6.07) is 1.40. The fraction of sp³-hybridized carbons (Fsp3) is 0.364. The molecule has 21 heavy (non-hydrogen) atoms. The maximum atomic E-state index is 12.0. The number of likely N-dealkylation sites (N-methyl/N-ethyl adjacent to an activating group) is 1. The number of nitrogens with one attached hydrogen (secondary N) is 1. The Morgan fingerprint density at radius 3 is 2.67 bits per heavy atom. The van der Waals surface area contributed by atoms with E-state index < -0.39 is 31.1 Å². The molecule has 10 heteroatoms. The molecule has 0 aliphatic carbocycles. The minimum absolute atomic E-state index is 0.0390. The Hall–Kier alpha value is -1.35. The van der Waals surface area contributed by atoms with Gasteiger partial charge in [0.1, 0.15) is 11.7 Å². The van der Waals surface area contributed by atoms with Crippen molar-refractivity contribution in [1.82, 2.24) is 15.2 Å². The summed E-state index contributed by atoms with van der Waals surface area (Å²) in [5.74, 6) is -1.56. The molecule has 0 saturated heterocycles. The van der Waals surface area contributed by atoms with Crippen molar-refractivity contribution in [2.24, 2.45) is 0 Å². The number of aromatic nitrogens is 1. The highest BCUT2D eigenvalue weighted by Crippen LogP contribution is 2.19. The Kier molecular flexibility index (Phi) is 5.97. The van der Waals surface area contributed by atoms with E-state index in [1.165, 1.54) is 19.3 Å². The first kappa shape index (κ1) is 17.7. The third kappa shape index (κ3) is 5.88. The van der Waals surface area contributed by atoms with Gasteiger partial charge in [-0.05, 0) is 22.0 Å². The zero-order valence-electron chi connectivity index (χ0n) is 10.7. The van der Waals surface area contributed by atoms with Crippen molar-refractivity contribution in [1.29, 1.82) is 0 Å². The zero-order chi connectivity index (χ0) is 16.2. The van der Waals surface area contributed by atoms with Crippen LogP contribution in [0.4, 0.5) is 13.2 Å². The lowest BCUT2D eigenvalue weighted by Crippen LogP contribution is -2.41. The van der Waals surface area contributed by atoms with Crippen molar-refractivity contribution in [3.8, 4) is 0 Å². The lowest BCUT2D eigenvalue weighted by molar-refractivity contribution is -0.138. The van der Waals surface area contributed by atoms with Gasteiger partial charge in [0.05, 0.1) is 12.1 Å². The molecule has 2 amide bonds. The van der Waals surface area contributed by atoms with Crippen LogP contribution in [0.25, 0.3) is 0 Å². The smallest absolute Gasteiger partial charge is 0.345 e. The van der Waals surface area contributed by atoms with Crippen molar-refractivity contribution in [2.45, 2.75) is 6.18 Å². The van der Waals surface area contributed by atoms with Crippen LogP contribution in [-0.4, -0.2) is 48.0 Å². The van der Waals surface area contributed by atoms with Crippen LogP contribution in [0.15, 0.2) is 16.7 Å². The predicted octanol–water partition coefficient (Wildman–Crippen LogP) is 2.25. The third-order valence-corrected chi connectivity index (χ3v) is 2.98. The Morgan fingerprint density at radius 2 is 2.10 bits per heavy atom. The normalized spacial score (nSPS) is 11.1. The largest absolute Gasteiger partial charge is 0.405 e. The minimum atomic E-state index is -4.50. The molecule has 1 N–H and O–H groups in total. The highest BCUT2D eigenvalue weighted by molar-refractivity contribution is 9.10. The molecule has 0 saturated carbocycles. The average molecular weight is 389 g/mol. The minimum Gasteiger partial charge on any atom is -0.345 e. The van der Waals surface area contributed by atoms with E-state index in [1.807, 2.05) is 0 Å². The van der Waals surface area contributed by atoms with Crippen molar-refractivity contribution >= 4 is 39.3 Å². The summed E-state index contributed by atoms with van der Waals surface area (Å²) in [4.78, 5) is 28.1. The highest BCUT2D eigenvalue weighted by atomic mass is 79.9. The van der Waals surface area contributed by atoms with E-state index in [2.05, 4.69) is 20.9 Å². The van der Waals surface area contributed by atoms with E-state index >= 15 is 0 Å². The molecule has 0 unspecified atom stereocenters. The number of halogens is 5. The molecule has 116 valence electrons. The van der Waals surface area contributed by atoms with Gasteiger partial charge < -0.3 is 10.2 Å². The fourth-order valence-corrected chi connectivity index (χ4v) is 1.84.